The van der Waals surface area contributed by atoms with Crippen molar-refractivity contribution in [2.24, 2.45) is 0 Å². The predicted octanol–water partition coefficient (Wildman–Crippen LogP) is 4.01. The van der Waals surface area contributed by atoms with Gasteiger partial charge in [-0.15, -0.1) is 23.1 Å². The predicted molar refractivity (Wildman–Crippen MR) is 73.2 cm³/mol. The highest BCUT2D eigenvalue weighted by Crippen LogP contribution is 2.43. The van der Waals surface area contributed by atoms with E-state index in [1.54, 1.807) is 0 Å². The highest BCUT2D eigenvalue weighted by molar-refractivity contribution is 8.06. The van der Waals surface area contributed by atoms with Crippen molar-refractivity contribution in [1.82, 2.24) is 4.98 Å². The quantitative estimate of drug-likeness (QED) is 0.814. The van der Waals surface area contributed by atoms with Crippen LogP contribution in [0.3, 0.4) is 0 Å². The second-order valence-electron chi connectivity index (χ2n) is 3.79. The first-order valence-electron chi connectivity index (χ1n) is 5.48. The number of nitrogens with zero attached hydrogens (tertiary/aromatic N) is 1. The molecule has 0 bridgehead atoms. The summed E-state index contributed by atoms with van der Waals surface area (Å²) in [5.41, 5.74) is 1.29. The van der Waals surface area contributed by atoms with Crippen LogP contribution in [0, 0.1) is 0 Å². The van der Waals surface area contributed by atoms with Gasteiger partial charge in [-0.1, -0.05) is 20.3 Å². The normalized spacial score (nSPS) is 26.8. The van der Waals surface area contributed by atoms with Gasteiger partial charge in [0, 0.05) is 22.1 Å². The van der Waals surface area contributed by atoms with Gasteiger partial charge in [-0.25, -0.2) is 4.98 Å². The highest BCUT2D eigenvalue weighted by Gasteiger charge is 2.26. The molecule has 0 aliphatic carbocycles. The number of rotatable bonds is 3. The summed E-state index contributed by atoms with van der Waals surface area (Å²) in [4.78, 5) is 4.76. The Morgan fingerprint density at radius 1 is 1.40 bits per heavy atom. The Morgan fingerprint density at radius 3 is 2.93 bits per heavy atom. The minimum atomic E-state index is 0.638. The van der Waals surface area contributed by atoms with Gasteiger partial charge in [0.05, 0.1) is 10.9 Å². The molecular weight excluding hydrogens is 242 g/mol. The molecule has 2 unspecified atom stereocenters. The molecule has 2 heterocycles. The van der Waals surface area contributed by atoms with Crippen molar-refractivity contribution in [3.05, 3.63) is 16.1 Å². The molecule has 2 rings (SSSR count). The Bertz CT molecular complexity index is 311. The van der Waals surface area contributed by atoms with Crippen molar-refractivity contribution in [2.45, 2.75) is 37.2 Å². The Balaban J connectivity index is 2.06. The SMILES string of the molecule is CCCc1csc(C2SCCSC2C)n1. The van der Waals surface area contributed by atoms with Gasteiger partial charge in [0.2, 0.25) is 0 Å². The van der Waals surface area contributed by atoms with E-state index in [1.807, 2.05) is 11.3 Å². The first-order valence-corrected chi connectivity index (χ1v) is 8.46. The molecule has 0 radical (unpaired) electrons. The van der Waals surface area contributed by atoms with E-state index in [0.717, 1.165) is 11.7 Å². The molecule has 1 fully saturated rings. The maximum Gasteiger partial charge on any atom is 0.107 e. The molecule has 0 spiro atoms. The van der Waals surface area contributed by atoms with Crippen LogP contribution >= 0.6 is 34.9 Å². The maximum atomic E-state index is 4.76. The van der Waals surface area contributed by atoms with Crippen molar-refractivity contribution in [1.29, 1.82) is 0 Å². The summed E-state index contributed by atoms with van der Waals surface area (Å²) in [6.07, 6.45) is 2.33. The fraction of sp³-hybridized carbons (Fsp3) is 0.727. The minimum Gasteiger partial charge on any atom is -0.245 e. The molecule has 1 aliphatic rings. The largest absolute Gasteiger partial charge is 0.245 e. The average Bonchev–Trinajstić information content (AvgIpc) is 2.68. The third-order valence-corrected chi connectivity index (χ3v) is 6.73. The Labute approximate surface area is 104 Å². The molecule has 0 amide bonds. The highest BCUT2D eigenvalue weighted by atomic mass is 32.2. The number of aromatic nitrogens is 1. The fourth-order valence-corrected chi connectivity index (χ4v) is 5.76. The second-order valence-corrected chi connectivity index (χ2v) is 7.42. The first-order chi connectivity index (χ1) is 7.31. The lowest BCUT2D eigenvalue weighted by Crippen LogP contribution is -2.15. The van der Waals surface area contributed by atoms with Gasteiger partial charge in [0.1, 0.15) is 5.01 Å². The van der Waals surface area contributed by atoms with Crippen LogP contribution in [0.4, 0.5) is 0 Å². The molecule has 0 aromatic carbocycles. The third kappa shape index (κ3) is 2.92. The third-order valence-electron chi connectivity index (χ3n) is 2.51. The summed E-state index contributed by atoms with van der Waals surface area (Å²) >= 11 is 6.03. The van der Waals surface area contributed by atoms with Gasteiger partial charge in [0.15, 0.2) is 0 Å². The van der Waals surface area contributed by atoms with Crippen LogP contribution in [0.25, 0.3) is 0 Å². The molecule has 1 saturated heterocycles. The summed E-state index contributed by atoms with van der Waals surface area (Å²) in [5, 5.41) is 4.96. The number of aryl methyl sites for hydroxylation is 1. The van der Waals surface area contributed by atoms with E-state index in [9.17, 15) is 0 Å². The molecule has 0 N–H and O–H groups in total. The van der Waals surface area contributed by atoms with Crippen molar-refractivity contribution < 1.29 is 0 Å². The molecular formula is C11H17NS3. The summed E-state index contributed by atoms with van der Waals surface area (Å²) < 4.78 is 0. The molecule has 0 saturated carbocycles. The number of hydrogen-bond donors (Lipinski definition) is 0. The van der Waals surface area contributed by atoms with Crippen molar-refractivity contribution in [3.63, 3.8) is 0 Å². The zero-order chi connectivity index (χ0) is 10.7. The van der Waals surface area contributed by atoms with Crippen LogP contribution in [-0.2, 0) is 6.42 Å². The molecule has 1 aromatic heterocycles. The van der Waals surface area contributed by atoms with Crippen molar-refractivity contribution in [3.8, 4) is 0 Å². The van der Waals surface area contributed by atoms with Gasteiger partial charge >= 0.3 is 0 Å². The van der Waals surface area contributed by atoms with E-state index in [4.69, 9.17) is 4.98 Å². The lowest BCUT2D eigenvalue weighted by molar-refractivity contribution is 0.852. The zero-order valence-corrected chi connectivity index (χ0v) is 11.7. The van der Waals surface area contributed by atoms with E-state index >= 15 is 0 Å². The lowest BCUT2D eigenvalue weighted by Gasteiger charge is -2.25. The molecule has 1 nitrogen and oxygen atoms in total. The van der Waals surface area contributed by atoms with Crippen molar-refractivity contribution >= 4 is 34.9 Å². The fourth-order valence-electron chi connectivity index (χ4n) is 1.73. The summed E-state index contributed by atoms with van der Waals surface area (Å²) in [6, 6.07) is 0. The Morgan fingerprint density at radius 2 is 2.20 bits per heavy atom. The topological polar surface area (TPSA) is 12.9 Å². The van der Waals surface area contributed by atoms with Gasteiger partial charge in [-0.3, -0.25) is 0 Å². The summed E-state index contributed by atoms with van der Waals surface area (Å²) in [7, 11) is 0. The number of thiazole rings is 1. The van der Waals surface area contributed by atoms with E-state index in [-0.39, 0.29) is 0 Å². The standard InChI is InChI=1S/C11H17NS3/c1-3-4-9-7-15-11(12-9)10-8(2)13-5-6-14-10/h7-8,10H,3-6H2,1-2H3. The van der Waals surface area contributed by atoms with Crippen LogP contribution < -0.4 is 0 Å². The molecule has 1 aliphatic heterocycles. The monoisotopic (exact) mass is 259 g/mol. The Hall–Kier alpha value is 0.330. The van der Waals surface area contributed by atoms with E-state index in [0.29, 0.717) is 5.25 Å². The summed E-state index contributed by atoms with van der Waals surface area (Å²) in [6.45, 7) is 4.55. The molecule has 2 atom stereocenters. The lowest BCUT2D eigenvalue weighted by atomic mass is 10.3. The van der Waals surface area contributed by atoms with Crippen LogP contribution in [0.15, 0.2) is 5.38 Å². The van der Waals surface area contributed by atoms with Gasteiger partial charge in [-0.2, -0.15) is 11.8 Å². The van der Waals surface area contributed by atoms with Gasteiger partial charge in [-0.05, 0) is 6.42 Å². The van der Waals surface area contributed by atoms with E-state index in [1.165, 1.54) is 28.6 Å². The van der Waals surface area contributed by atoms with E-state index in [2.05, 4.69) is 42.8 Å². The van der Waals surface area contributed by atoms with Gasteiger partial charge < -0.3 is 0 Å². The van der Waals surface area contributed by atoms with Crippen LogP contribution in [0.1, 0.15) is 36.2 Å². The maximum absolute atomic E-state index is 4.76. The van der Waals surface area contributed by atoms with Crippen LogP contribution in [0.5, 0.6) is 0 Å². The van der Waals surface area contributed by atoms with Crippen LogP contribution in [-0.4, -0.2) is 21.7 Å². The van der Waals surface area contributed by atoms with E-state index < -0.39 is 0 Å². The summed E-state index contributed by atoms with van der Waals surface area (Å²) in [5.74, 6) is 2.58. The minimum absolute atomic E-state index is 0.638. The zero-order valence-electron chi connectivity index (χ0n) is 9.23. The number of thioether (sulfide) groups is 2. The van der Waals surface area contributed by atoms with Crippen LogP contribution in [0.2, 0.25) is 0 Å². The Kier molecular flexibility index (Phi) is 4.40. The first kappa shape index (κ1) is 11.8. The number of hydrogen-bond acceptors (Lipinski definition) is 4. The second kappa shape index (κ2) is 5.60. The smallest absolute Gasteiger partial charge is 0.107 e. The molecule has 4 heteroatoms. The molecule has 1 aromatic rings. The molecule has 84 valence electrons. The van der Waals surface area contributed by atoms with Gasteiger partial charge in [0.25, 0.3) is 0 Å². The molecule has 15 heavy (non-hydrogen) atoms. The van der Waals surface area contributed by atoms with Crippen molar-refractivity contribution in [2.75, 3.05) is 11.5 Å². The average molecular weight is 259 g/mol.